The number of carbonyl (C=O) groups is 1. The van der Waals surface area contributed by atoms with Crippen LogP contribution in [0.1, 0.15) is 17.5 Å². The van der Waals surface area contributed by atoms with Crippen LogP contribution in [0.25, 0.3) is 22.3 Å². The predicted octanol–water partition coefficient (Wildman–Crippen LogP) is 3.17. The molecule has 146 valence electrons. The van der Waals surface area contributed by atoms with Crippen LogP contribution < -0.4 is 5.32 Å². The lowest BCUT2D eigenvalue weighted by Crippen LogP contribution is -2.16. The Bertz CT molecular complexity index is 1050. The van der Waals surface area contributed by atoms with Crippen molar-refractivity contribution >= 4 is 26.2 Å². The highest BCUT2D eigenvalue weighted by Gasteiger charge is 2.27. The molecule has 28 heavy (non-hydrogen) atoms. The molecule has 0 spiro atoms. The van der Waals surface area contributed by atoms with Crippen LogP contribution in [0.15, 0.2) is 30.5 Å². The fraction of sp³-hybridized carbons (Fsp3) is 0.316. The van der Waals surface area contributed by atoms with Crippen molar-refractivity contribution < 1.29 is 18.7 Å². The van der Waals surface area contributed by atoms with Gasteiger partial charge in [-0.25, -0.2) is 4.98 Å². The topological polar surface area (TPSA) is 80.0 Å². The van der Waals surface area contributed by atoms with Crippen LogP contribution in [-0.4, -0.2) is 32.3 Å². The van der Waals surface area contributed by atoms with Crippen LogP contribution >= 0.6 is 9.24 Å². The van der Waals surface area contributed by atoms with E-state index in [4.69, 9.17) is 0 Å². The van der Waals surface area contributed by atoms with Gasteiger partial charge >= 0.3 is 0 Å². The number of nitrogens with zero attached hydrogens (tertiary/aromatic N) is 3. The third-order valence-electron chi connectivity index (χ3n) is 4.88. The monoisotopic (exact) mass is 404 g/mol. The fourth-order valence-electron chi connectivity index (χ4n) is 3.54. The maximum atomic E-state index is 13.5. The van der Waals surface area contributed by atoms with Gasteiger partial charge in [-0.3, -0.25) is 9.48 Å². The van der Waals surface area contributed by atoms with E-state index in [1.54, 1.807) is 17.7 Å². The number of phenols is 1. The first-order valence-corrected chi connectivity index (χ1v) is 9.40. The molecule has 0 bridgehead atoms. The van der Waals surface area contributed by atoms with Gasteiger partial charge < -0.3 is 10.4 Å². The molecule has 3 heterocycles. The van der Waals surface area contributed by atoms with E-state index in [2.05, 4.69) is 15.4 Å². The number of carbonyl (C=O) groups excluding carboxylic acids is 1. The van der Waals surface area contributed by atoms with Gasteiger partial charge in [0.1, 0.15) is 5.75 Å². The molecule has 3 aromatic rings. The highest BCUT2D eigenvalue weighted by Crippen LogP contribution is 2.41. The number of alkyl halides is 2. The number of hydrogen-bond donors (Lipinski definition) is 2. The molecule has 9 heteroatoms. The van der Waals surface area contributed by atoms with E-state index >= 15 is 0 Å². The summed E-state index contributed by atoms with van der Waals surface area (Å²) >= 11 is 0. The second-order valence-corrected chi connectivity index (χ2v) is 7.87. The molecule has 1 fully saturated rings. The SMILES string of the molecule is Cc1cc(C(F)(F)P)cc(O)c1-c1ccc2cn(C[C@@H]3CNC(=O)C3)nc2n1. The van der Waals surface area contributed by atoms with Crippen LogP contribution in [0.4, 0.5) is 8.78 Å². The van der Waals surface area contributed by atoms with Crippen LogP contribution in [-0.2, 0) is 17.0 Å². The summed E-state index contributed by atoms with van der Waals surface area (Å²) in [4.78, 5) is 15.8. The number of hydrogen-bond acceptors (Lipinski definition) is 4. The molecule has 1 unspecified atom stereocenters. The smallest absolute Gasteiger partial charge is 0.284 e. The molecular formula is C19H19F2N4O2P. The van der Waals surface area contributed by atoms with Gasteiger partial charge in [0.15, 0.2) is 5.65 Å². The van der Waals surface area contributed by atoms with Gasteiger partial charge in [0, 0.05) is 48.1 Å². The molecular weight excluding hydrogens is 385 g/mol. The first-order chi connectivity index (χ1) is 13.2. The van der Waals surface area contributed by atoms with E-state index in [1.807, 2.05) is 12.3 Å². The number of nitrogens with one attached hydrogen (secondary N) is 1. The summed E-state index contributed by atoms with van der Waals surface area (Å²) in [6.07, 6.45) is 2.34. The number of benzene rings is 1. The van der Waals surface area contributed by atoms with Crippen molar-refractivity contribution in [3.8, 4) is 17.0 Å². The van der Waals surface area contributed by atoms with E-state index in [0.717, 1.165) is 11.5 Å². The van der Waals surface area contributed by atoms with Crippen molar-refractivity contribution in [3.05, 3.63) is 41.6 Å². The first-order valence-electron chi connectivity index (χ1n) is 8.83. The molecule has 1 aliphatic rings. The summed E-state index contributed by atoms with van der Waals surface area (Å²) < 4.78 is 28.9. The molecule has 1 saturated heterocycles. The molecule has 0 aliphatic carbocycles. The maximum absolute atomic E-state index is 13.5. The summed E-state index contributed by atoms with van der Waals surface area (Å²) in [6.45, 7) is 2.89. The van der Waals surface area contributed by atoms with Gasteiger partial charge in [-0.15, -0.1) is 0 Å². The number of halogens is 2. The molecule has 2 aromatic heterocycles. The zero-order chi connectivity index (χ0) is 20.1. The number of rotatable bonds is 4. The average Bonchev–Trinajstić information content (AvgIpc) is 3.18. The summed E-state index contributed by atoms with van der Waals surface area (Å²) in [5.74, 6) is -0.0137. The van der Waals surface area contributed by atoms with Crippen molar-refractivity contribution in [2.75, 3.05) is 6.54 Å². The molecule has 4 rings (SSSR count). The van der Waals surface area contributed by atoms with Crippen LogP contribution in [0.3, 0.4) is 0 Å². The van der Waals surface area contributed by atoms with Crippen LogP contribution in [0.5, 0.6) is 5.75 Å². The Morgan fingerprint density at radius 3 is 2.82 bits per heavy atom. The van der Waals surface area contributed by atoms with Gasteiger partial charge in [-0.1, -0.05) is 9.24 Å². The molecule has 6 nitrogen and oxygen atoms in total. The number of aromatic hydroxyl groups is 1. The van der Waals surface area contributed by atoms with Gasteiger partial charge in [0.2, 0.25) is 5.91 Å². The number of pyridine rings is 1. The zero-order valence-corrected chi connectivity index (χ0v) is 16.3. The normalized spacial score (nSPS) is 17.3. The summed E-state index contributed by atoms with van der Waals surface area (Å²) in [5.41, 5.74) is -1.54. The predicted molar refractivity (Wildman–Crippen MR) is 104 cm³/mol. The molecule has 1 amide bonds. The summed E-state index contributed by atoms with van der Waals surface area (Å²) in [7, 11) is 1.47. The number of amides is 1. The first kappa shape index (κ1) is 18.7. The minimum Gasteiger partial charge on any atom is -0.507 e. The third-order valence-corrected chi connectivity index (χ3v) is 5.21. The highest BCUT2D eigenvalue weighted by atomic mass is 31.0. The molecule has 2 N–H and O–H groups in total. The van der Waals surface area contributed by atoms with Crippen molar-refractivity contribution in [1.82, 2.24) is 20.1 Å². The van der Waals surface area contributed by atoms with E-state index in [9.17, 15) is 18.7 Å². The second kappa shape index (κ2) is 6.78. The van der Waals surface area contributed by atoms with Gasteiger partial charge in [0.05, 0.1) is 5.69 Å². The van der Waals surface area contributed by atoms with Crippen molar-refractivity contribution in [1.29, 1.82) is 0 Å². The Labute approximate surface area is 162 Å². The quantitative estimate of drug-likeness (QED) is 0.655. The average molecular weight is 404 g/mol. The standard InChI is InChI=1S/C19H19F2N4O2P/c1-10-4-13(19(20,21)28)6-15(26)17(10)14-3-2-12-9-25(24-18(12)23-14)8-11-5-16(27)22-7-11/h2-4,6,9,11,26H,5,7-8,28H2,1H3,(H,22,27)/t11-/m0/s1. The Kier molecular flexibility index (Phi) is 4.54. The van der Waals surface area contributed by atoms with Crippen LogP contribution in [0.2, 0.25) is 0 Å². The molecule has 0 saturated carbocycles. The Morgan fingerprint density at radius 1 is 1.39 bits per heavy atom. The van der Waals surface area contributed by atoms with Crippen LogP contribution in [0, 0.1) is 12.8 Å². The van der Waals surface area contributed by atoms with Crippen molar-refractivity contribution in [2.24, 2.45) is 5.92 Å². The van der Waals surface area contributed by atoms with Crippen molar-refractivity contribution in [2.45, 2.75) is 25.6 Å². The Morgan fingerprint density at radius 2 is 2.18 bits per heavy atom. The number of phenolic OH excluding ortho intramolecular Hbond substituents is 1. The Hall–Kier alpha value is -2.60. The van der Waals surface area contributed by atoms with Gasteiger partial charge in [-0.2, -0.15) is 13.9 Å². The lowest BCUT2D eigenvalue weighted by atomic mass is 10.0. The number of fused-ring (bicyclic) bond motifs is 1. The lowest BCUT2D eigenvalue weighted by molar-refractivity contribution is -0.119. The Balaban J connectivity index is 1.67. The van der Waals surface area contributed by atoms with Crippen molar-refractivity contribution in [3.63, 3.8) is 0 Å². The summed E-state index contributed by atoms with van der Waals surface area (Å²) in [6, 6.07) is 5.96. The van der Waals surface area contributed by atoms with E-state index in [0.29, 0.717) is 42.0 Å². The third kappa shape index (κ3) is 3.56. The minimum absolute atomic E-state index is 0.0487. The molecule has 2 atom stereocenters. The number of aryl methyl sites for hydroxylation is 1. The minimum atomic E-state index is -3.12. The van der Waals surface area contributed by atoms with E-state index in [-0.39, 0.29) is 23.1 Å². The van der Waals surface area contributed by atoms with E-state index in [1.165, 1.54) is 15.3 Å². The summed E-state index contributed by atoms with van der Waals surface area (Å²) in [5, 5.41) is 18.4. The van der Waals surface area contributed by atoms with E-state index < -0.39 is 5.66 Å². The van der Waals surface area contributed by atoms with Gasteiger partial charge in [0.25, 0.3) is 5.66 Å². The van der Waals surface area contributed by atoms with Gasteiger partial charge in [-0.05, 0) is 36.8 Å². The molecule has 0 radical (unpaired) electrons. The fourth-order valence-corrected chi connectivity index (χ4v) is 3.70. The highest BCUT2D eigenvalue weighted by molar-refractivity contribution is 7.17. The molecule has 1 aromatic carbocycles. The largest absolute Gasteiger partial charge is 0.507 e. The number of aromatic nitrogens is 3. The zero-order valence-electron chi connectivity index (χ0n) is 15.1. The molecule has 1 aliphatic heterocycles. The lowest BCUT2D eigenvalue weighted by Gasteiger charge is -2.15. The maximum Gasteiger partial charge on any atom is 0.284 e. The second-order valence-electron chi connectivity index (χ2n) is 7.14.